The standard InChI is InChI=1S/C21H25FN2O3S/c1-24-10-7-16(8-11-24)23-20-9-12-27-21-14-18(5-6-19(20)21)28(25,26)17-4-2-3-15(22)13-17/h2-6,13-14,16,20,23H,7-12H2,1H3. The molecule has 0 amide bonds. The van der Waals surface area contributed by atoms with Crippen LogP contribution in [0.3, 0.4) is 0 Å². The first-order valence-corrected chi connectivity index (χ1v) is 11.1. The zero-order valence-corrected chi connectivity index (χ0v) is 16.7. The lowest BCUT2D eigenvalue weighted by molar-refractivity contribution is 0.200. The van der Waals surface area contributed by atoms with Crippen LogP contribution in [0.2, 0.25) is 0 Å². The Morgan fingerprint density at radius 2 is 1.82 bits per heavy atom. The van der Waals surface area contributed by atoms with Gasteiger partial charge in [-0.1, -0.05) is 12.1 Å². The van der Waals surface area contributed by atoms with Crippen LogP contribution in [-0.2, 0) is 9.84 Å². The Morgan fingerprint density at radius 3 is 2.57 bits per heavy atom. The summed E-state index contributed by atoms with van der Waals surface area (Å²) >= 11 is 0. The average molecular weight is 405 g/mol. The molecule has 28 heavy (non-hydrogen) atoms. The first-order valence-electron chi connectivity index (χ1n) is 9.65. The summed E-state index contributed by atoms with van der Waals surface area (Å²) in [4.78, 5) is 2.40. The maximum Gasteiger partial charge on any atom is 0.206 e. The molecule has 0 radical (unpaired) electrons. The summed E-state index contributed by atoms with van der Waals surface area (Å²) in [6, 6.07) is 10.7. The normalized spacial score (nSPS) is 21.1. The Balaban J connectivity index is 1.58. The van der Waals surface area contributed by atoms with E-state index in [9.17, 15) is 12.8 Å². The molecule has 0 bridgehead atoms. The molecule has 0 aliphatic carbocycles. The quantitative estimate of drug-likeness (QED) is 0.848. The molecule has 2 aliphatic rings. The van der Waals surface area contributed by atoms with Crippen LogP contribution >= 0.6 is 0 Å². The zero-order chi connectivity index (χ0) is 19.7. The van der Waals surface area contributed by atoms with Crippen molar-refractivity contribution in [1.29, 1.82) is 0 Å². The molecule has 4 rings (SSSR count). The molecule has 2 aromatic carbocycles. The smallest absolute Gasteiger partial charge is 0.206 e. The van der Waals surface area contributed by atoms with Crippen molar-refractivity contribution >= 4 is 9.84 Å². The van der Waals surface area contributed by atoms with Crippen molar-refractivity contribution in [3.63, 3.8) is 0 Å². The number of halogens is 1. The fourth-order valence-corrected chi connectivity index (χ4v) is 5.25. The summed E-state index contributed by atoms with van der Waals surface area (Å²) in [6.07, 6.45) is 3.07. The second-order valence-electron chi connectivity index (χ2n) is 7.59. The van der Waals surface area contributed by atoms with Gasteiger partial charge in [0.25, 0.3) is 0 Å². The highest BCUT2D eigenvalue weighted by atomic mass is 32.2. The highest BCUT2D eigenvalue weighted by Gasteiger charge is 2.28. The van der Waals surface area contributed by atoms with E-state index in [4.69, 9.17) is 4.74 Å². The van der Waals surface area contributed by atoms with E-state index in [0.29, 0.717) is 18.4 Å². The number of nitrogens with one attached hydrogen (secondary N) is 1. The molecule has 1 atom stereocenters. The lowest BCUT2D eigenvalue weighted by Crippen LogP contribution is -2.43. The van der Waals surface area contributed by atoms with Crippen molar-refractivity contribution < 1.29 is 17.5 Å². The Labute approximate surface area is 165 Å². The Morgan fingerprint density at radius 1 is 1.07 bits per heavy atom. The number of hydrogen-bond donors (Lipinski definition) is 1. The van der Waals surface area contributed by atoms with E-state index in [-0.39, 0.29) is 15.8 Å². The maximum absolute atomic E-state index is 13.5. The number of sulfone groups is 1. The van der Waals surface area contributed by atoms with E-state index in [1.165, 1.54) is 18.2 Å². The summed E-state index contributed by atoms with van der Waals surface area (Å²) in [6.45, 7) is 2.71. The topological polar surface area (TPSA) is 58.6 Å². The van der Waals surface area contributed by atoms with Crippen molar-refractivity contribution in [2.75, 3.05) is 26.7 Å². The van der Waals surface area contributed by atoms with Crippen LogP contribution in [0.15, 0.2) is 52.3 Å². The third-order valence-corrected chi connectivity index (χ3v) is 7.35. The van der Waals surface area contributed by atoms with Crippen molar-refractivity contribution in [3.05, 3.63) is 53.8 Å². The largest absolute Gasteiger partial charge is 0.493 e. The highest BCUT2D eigenvalue weighted by molar-refractivity contribution is 7.91. The molecule has 2 aliphatic heterocycles. The number of piperidine rings is 1. The van der Waals surface area contributed by atoms with Gasteiger partial charge in [0, 0.05) is 24.1 Å². The first-order chi connectivity index (χ1) is 13.4. The maximum atomic E-state index is 13.5. The van der Waals surface area contributed by atoms with Crippen LogP contribution in [0.4, 0.5) is 4.39 Å². The predicted octanol–water partition coefficient (Wildman–Crippen LogP) is 3.17. The number of rotatable bonds is 4. The molecule has 7 heteroatoms. The van der Waals surface area contributed by atoms with Crippen LogP contribution in [0, 0.1) is 5.82 Å². The molecule has 0 aromatic heterocycles. The van der Waals surface area contributed by atoms with Gasteiger partial charge in [-0.3, -0.25) is 0 Å². The molecule has 2 aromatic rings. The van der Waals surface area contributed by atoms with Crippen LogP contribution in [0.25, 0.3) is 0 Å². The average Bonchev–Trinajstić information content (AvgIpc) is 2.69. The lowest BCUT2D eigenvalue weighted by Gasteiger charge is -2.35. The van der Waals surface area contributed by atoms with E-state index in [1.807, 2.05) is 6.07 Å². The number of likely N-dealkylation sites (tertiary alicyclic amines) is 1. The predicted molar refractivity (Wildman–Crippen MR) is 105 cm³/mol. The van der Waals surface area contributed by atoms with Crippen molar-refractivity contribution in [1.82, 2.24) is 10.2 Å². The molecule has 2 heterocycles. The molecule has 1 fully saturated rings. The van der Waals surface area contributed by atoms with Crippen LogP contribution in [0.5, 0.6) is 5.75 Å². The third-order valence-electron chi connectivity index (χ3n) is 5.60. The molecule has 1 N–H and O–H groups in total. The van der Waals surface area contributed by atoms with Crippen molar-refractivity contribution in [2.24, 2.45) is 0 Å². The van der Waals surface area contributed by atoms with E-state index >= 15 is 0 Å². The number of benzene rings is 2. The van der Waals surface area contributed by atoms with Crippen molar-refractivity contribution in [2.45, 2.75) is 41.1 Å². The summed E-state index contributed by atoms with van der Waals surface area (Å²) in [5.41, 5.74) is 0.989. The number of hydrogen-bond acceptors (Lipinski definition) is 5. The molecule has 1 saturated heterocycles. The molecule has 0 saturated carbocycles. The SMILES string of the molecule is CN1CCC(NC2CCOc3cc(S(=O)(=O)c4cccc(F)c4)ccc32)CC1. The molecule has 1 unspecified atom stereocenters. The van der Waals surface area contributed by atoms with E-state index in [2.05, 4.69) is 17.3 Å². The van der Waals surface area contributed by atoms with E-state index in [1.54, 1.807) is 12.1 Å². The van der Waals surface area contributed by atoms with Crippen LogP contribution in [0.1, 0.15) is 30.9 Å². The van der Waals surface area contributed by atoms with Gasteiger partial charge in [0.15, 0.2) is 0 Å². The summed E-state index contributed by atoms with van der Waals surface area (Å²) in [5, 5.41) is 3.73. The minimum atomic E-state index is -3.79. The fraction of sp³-hybridized carbons (Fsp3) is 0.429. The number of ether oxygens (including phenoxy) is 1. The molecule has 150 valence electrons. The van der Waals surface area contributed by atoms with Gasteiger partial charge in [-0.2, -0.15) is 0 Å². The zero-order valence-electron chi connectivity index (χ0n) is 15.9. The van der Waals surface area contributed by atoms with Gasteiger partial charge < -0.3 is 15.0 Å². The second kappa shape index (κ2) is 7.81. The lowest BCUT2D eigenvalue weighted by atomic mass is 9.97. The van der Waals surface area contributed by atoms with Crippen LogP contribution < -0.4 is 10.1 Å². The monoisotopic (exact) mass is 404 g/mol. The van der Waals surface area contributed by atoms with Crippen LogP contribution in [-0.4, -0.2) is 46.1 Å². The Bertz CT molecular complexity index is 956. The summed E-state index contributed by atoms with van der Waals surface area (Å²) in [7, 11) is -1.65. The van der Waals surface area contributed by atoms with Gasteiger partial charge in [0.2, 0.25) is 9.84 Å². The number of fused-ring (bicyclic) bond motifs is 1. The van der Waals surface area contributed by atoms with Gasteiger partial charge in [-0.15, -0.1) is 0 Å². The Hall–Kier alpha value is -1.96. The summed E-state index contributed by atoms with van der Waals surface area (Å²) < 4.78 is 45.0. The van der Waals surface area contributed by atoms with Gasteiger partial charge in [0.05, 0.1) is 16.4 Å². The minimum Gasteiger partial charge on any atom is -0.493 e. The fourth-order valence-electron chi connectivity index (χ4n) is 3.94. The van der Waals surface area contributed by atoms with Gasteiger partial charge in [0.1, 0.15) is 11.6 Å². The van der Waals surface area contributed by atoms with E-state index in [0.717, 1.165) is 44.0 Å². The van der Waals surface area contributed by atoms with E-state index < -0.39 is 15.7 Å². The second-order valence-corrected chi connectivity index (χ2v) is 9.54. The van der Waals surface area contributed by atoms with Crippen molar-refractivity contribution in [3.8, 4) is 5.75 Å². The van der Waals surface area contributed by atoms with Gasteiger partial charge >= 0.3 is 0 Å². The van der Waals surface area contributed by atoms with Gasteiger partial charge in [-0.25, -0.2) is 12.8 Å². The number of nitrogens with zero attached hydrogens (tertiary/aromatic N) is 1. The molecular weight excluding hydrogens is 379 g/mol. The first kappa shape index (κ1) is 19.4. The highest BCUT2D eigenvalue weighted by Crippen LogP contribution is 2.36. The minimum absolute atomic E-state index is 0.0516. The van der Waals surface area contributed by atoms with Gasteiger partial charge in [-0.05, 0) is 63.3 Å². The Kier molecular flexibility index (Phi) is 5.40. The third kappa shape index (κ3) is 3.92. The molecular formula is C21H25FN2O3S. The molecule has 0 spiro atoms. The molecule has 5 nitrogen and oxygen atoms in total. The summed E-state index contributed by atoms with van der Waals surface area (Å²) in [5.74, 6) is 0.0202.